The van der Waals surface area contributed by atoms with Gasteiger partial charge >= 0.3 is 6.09 Å². The molecule has 0 saturated heterocycles. The van der Waals surface area contributed by atoms with Gasteiger partial charge in [-0.05, 0) is 30.4 Å². The average molecular weight is 383 g/mol. The third kappa shape index (κ3) is 7.90. The van der Waals surface area contributed by atoms with Crippen molar-refractivity contribution in [1.29, 1.82) is 0 Å². The molecule has 1 atom stereocenters. The van der Waals surface area contributed by atoms with E-state index in [1.54, 1.807) is 0 Å². The van der Waals surface area contributed by atoms with Crippen LogP contribution in [0.5, 0.6) is 0 Å². The summed E-state index contributed by atoms with van der Waals surface area (Å²) in [6.07, 6.45) is 1.20. The third-order valence-corrected chi connectivity index (χ3v) is 4.09. The number of carbonyl (C=O) groups is 3. The highest BCUT2D eigenvalue weighted by atomic mass is 16.5. The predicted octanol–water partition coefficient (Wildman–Crippen LogP) is 1.91. The summed E-state index contributed by atoms with van der Waals surface area (Å²) in [5, 5.41) is 4.90. The Kier molecular flexibility index (Phi) is 8.52. The highest BCUT2D eigenvalue weighted by molar-refractivity contribution is 5.88. The van der Waals surface area contributed by atoms with Gasteiger partial charge in [0, 0.05) is 0 Å². The van der Waals surface area contributed by atoms with Crippen LogP contribution in [0.1, 0.15) is 24.0 Å². The summed E-state index contributed by atoms with van der Waals surface area (Å²) >= 11 is 0. The van der Waals surface area contributed by atoms with Gasteiger partial charge < -0.3 is 21.1 Å². The molecule has 7 nitrogen and oxygen atoms in total. The molecule has 0 spiro atoms. The number of ether oxygens (including phenoxy) is 1. The van der Waals surface area contributed by atoms with Crippen molar-refractivity contribution in [3.05, 3.63) is 71.8 Å². The molecule has 7 heteroatoms. The highest BCUT2D eigenvalue weighted by Crippen LogP contribution is 2.06. The van der Waals surface area contributed by atoms with Crippen molar-refractivity contribution < 1.29 is 19.1 Å². The van der Waals surface area contributed by atoms with Crippen molar-refractivity contribution in [3.8, 4) is 0 Å². The third-order valence-electron chi connectivity index (χ3n) is 4.09. The van der Waals surface area contributed by atoms with Crippen LogP contribution < -0.4 is 16.4 Å². The number of nitrogens with one attached hydrogen (secondary N) is 2. The summed E-state index contributed by atoms with van der Waals surface area (Å²) in [7, 11) is 0. The number of alkyl carbamates (subject to hydrolysis) is 1. The number of nitrogens with two attached hydrogens (primary N) is 1. The number of carbonyl (C=O) groups excluding carboxylic acids is 3. The molecule has 2 aromatic rings. The Morgan fingerprint density at radius 2 is 1.54 bits per heavy atom. The van der Waals surface area contributed by atoms with E-state index in [1.807, 2.05) is 60.7 Å². The summed E-state index contributed by atoms with van der Waals surface area (Å²) in [5.41, 5.74) is 7.36. The number of hydrogen-bond donors (Lipinski definition) is 3. The van der Waals surface area contributed by atoms with Gasteiger partial charge in [0.05, 0.1) is 0 Å². The van der Waals surface area contributed by atoms with Crippen LogP contribution in [0.2, 0.25) is 0 Å². The fraction of sp³-hybridized carbons (Fsp3) is 0.286. The molecule has 0 fully saturated rings. The van der Waals surface area contributed by atoms with E-state index in [0.29, 0.717) is 12.8 Å². The van der Waals surface area contributed by atoms with E-state index in [4.69, 9.17) is 10.5 Å². The fourth-order valence-corrected chi connectivity index (χ4v) is 2.61. The topological polar surface area (TPSA) is 111 Å². The van der Waals surface area contributed by atoms with Gasteiger partial charge in [0.25, 0.3) is 0 Å². The van der Waals surface area contributed by atoms with Gasteiger partial charge in [-0.2, -0.15) is 0 Å². The van der Waals surface area contributed by atoms with Crippen LogP contribution in [0.15, 0.2) is 60.7 Å². The van der Waals surface area contributed by atoms with Crippen LogP contribution in [-0.2, 0) is 27.4 Å². The Morgan fingerprint density at radius 1 is 0.929 bits per heavy atom. The quantitative estimate of drug-likeness (QED) is 0.582. The van der Waals surface area contributed by atoms with E-state index in [0.717, 1.165) is 17.5 Å². The molecule has 0 radical (unpaired) electrons. The van der Waals surface area contributed by atoms with Gasteiger partial charge in [-0.1, -0.05) is 60.7 Å². The minimum absolute atomic E-state index is 0.109. The van der Waals surface area contributed by atoms with E-state index >= 15 is 0 Å². The lowest BCUT2D eigenvalue weighted by Crippen LogP contribution is -2.48. The summed E-state index contributed by atoms with van der Waals surface area (Å²) in [6, 6.07) is 18.3. The van der Waals surface area contributed by atoms with Gasteiger partial charge in [-0.3, -0.25) is 9.59 Å². The first kappa shape index (κ1) is 21.0. The predicted molar refractivity (Wildman–Crippen MR) is 105 cm³/mol. The molecular weight excluding hydrogens is 358 g/mol. The molecule has 0 aromatic heterocycles. The molecule has 0 aliphatic rings. The van der Waals surface area contributed by atoms with Crippen molar-refractivity contribution in [3.63, 3.8) is 0 Å². The second-order valence-corrected chi connectivity index (χ2v) is 6.32. The van der Waals surface area contributed by atoms with Crippen LogP contribution >= 0.6 is 0 Å². The Hall–Kier alpha value is -3.35. The van der Waals surface area contributed by atoms with Crippen LogP contribution in [0, 0.1) is 0 Å². The molecule has 0 saturated carbocycles. The minimum Gasteiger partial charge on any atom is -0.445 e. The van der Waals surface area contributed by atoms with Gasteiger partial charge in [-0.25, -0.2) is 4.79 Å². The molecule has 0 aliphatic carbocycles. The van der Waals surface area contributed by atoms with E-state index < -0.39 is 23.9 Å². The molecule has 28 heavy (non-hydrogen) atoms. The second kappa shape index (κ2) is 11.4. The Morgan fingerprint density at radius 3 is 2.14 bits per heavy atom. The Bertz CT molecular complexity index is 766. The zero-order valence-corrected chi connectivity index (χ0v) is 15.6. The number of primary amides is 1. The standard InChI is InChI=1S/C21H25N3O4/c22-20(26)18(13-7-12-16-8-3-1-4-9-16)24-19(25)14-23-21(27)28-15-17-10-5-2-6-11-17/h1-6,8-11,18H,7,12-15H2,(H2,22,26)(H,23,27)(H,24,25)/t18-/m0/s1. The van der Waals surface area contributed by atoms with Crippen molar-refractivity contribution in [2.24, 2.45) is 5.73 Å². The van der Waals surface area contributed by atoms with E-state index in [2.05, 4.69) is 10.6 Å². The zero-order chi connectivity index (χ0) is 20.2. The first-order chi connectivity index (χ1) is 13.5. The van der Waals surface area contributed by atoms with Crippen molar-refractivity contribution in [2.75, 3.05) is 6.54 Å². The largest absolute Gasteiger partial charge is 0.445 e. The number of rotatable bonds is 10. The van der Waals surface area contributed by atoms with Crippen molar-refractivity contribution >= 4 is 17.9 Å². The number of hydrogen-bond acceptors (Lipinski definition) is 4. The highest BCUT2D eigenvalue weighted by Gasteiger charge is 2.18. The molecule has 3 amide bonds. The normalized spacial score (nSPS) is 11.3. The molecule has 2 rings (SSSR count). The lowest BCUT2D eigenvalue weighted by atomic mass is 10.0. The molecule has 0 bridgehead atoms. The Labute approximate surface area is 164 Å². The van der Waals surface area contributed by atoms with Crippen LogP contribution in [0.3, 0.4) is 0 Å². The van der Waals surface area contributed by atoms with Gasteiger partial charge in [0.15, 0.2) is 0 Å². The summed E-state index contributed by atoms with van der Waals surface area (Å²) in [4.78, 5) is 35.2. The summed E-state index contributed by atoms with van der Waals surface area (Å²) in [6.45, 7) is -0.187. The molecule has 4 N–H and O–H groups in total. The number of benzene rings is 2. The first-order valence-electron chi connectivity index (χ1n) is 9.12. The second-order valence-electron chi connectivity index (χ2n) is 6.32. The van der Waals surface area contributed by atoms with Gasteiger partial charge in [0.2, 0.25) is 11.8 Å². The molecular formula is C21H25N3O4. The van der Waals surface area contributed by atoms with E-state index in [9.17, 15) is 14.4 Å². The maximum absolute atomic E-state index is 12.0. The average Bonchev–Trinajstić information content (AvgIpc) is 2.71. The van der Waals surface area contributed by atoms with Crippen LogP contribution in [-0.4, -0.2) is 30.5 Å². The monoisotopic (exact) mass is 383 g/mol. The summed E-state index contributed by atoms with van der Waals surface area (Å²) < 4.78 is 5.02. The van der Waals surface area contributed by atoms with Crippen LogP contribution in [0.25, 0.3) is 0 Å². The maximum Gasteiger partial charge on any atom is 0.407 e. The maximum atomic E-state index is 12.0. The zero-order valence-electron chi connectivity index (χ0n) is 15.6. The summed E-state index contributed by atoms with van der Waals surface area (Å²) in [5.74, 6) is -1.10. The minimum atomic E-state index is -0.779. The molecule has 0 heterocycles. The van der Waals surface area contributed by atoms with E-state index in [-0.39, 0.29) is 13.2 Å². The lowest BCUT2D eigenvalue weighted by molar-refractivity contribution is -0.127. The van der Waals surface area contributed by atoms with Crippen LogP contribution in [0.4, 0.5) is 4.79 Å². The first-order valence-corrected chi connectivity index (χ1v) is 9.12. The molecule has 2 aromatic carbocycles. The number of amides is 3. The van der Waals surface area contributed by atoms with Crippen molar-refractivity contribution in [2.45, 2.75) is 31.9 Å². The van der Waals surface area contributed by atoms with E-state index in [1.165, 1.54) is 0 Å². The van der Waals surface area contributed by atoms with Gasteiger partial charge in [0.1, 0.15) is 19.2 Å². The molecule has 0 aliphatic heterocycles. The van der Waals surface area contributed by atoms with Gasteiger partial charge in [-0.15, -0.1) is 0 Å². The fourth-order valence-electron chi connectivity index (χ4n) is 2.61. The SMILES string of the molecule is NC(=O)[C@H](CCCc1ccccc1)NC(=O)CNC(=O)OCc1ccccc1. The number of aryl methyl sites for hydroxylation is 1. The Balaban J connectivity index is 1.68. The van der Waals surface area contributed by atoms with Crippen molar-refractivity contribution in [1.82, 2.24) is 10.6 Å². The lowest BCUT2D eigenvalue weighted by Gasteiger charge is -2.15. The smallest absolute Gasteiger partial charge is 0.407 e. The molecule has 0 unspecified atom stereocenters. The molecule has 148 valence electrons.